The van der Waals surface area contributed by atoms with Crippen molar-refractivity contribution in [2.75, 3.05) is 0 Å². The van der Waals surface area contributed by atoms with Gasteiger partial charge >= 0.3 is 0 Å². The van der Waals surface area contributed by atoms with E-state index in [2.05, 4.69) is 6.92 Å². The summed E-state index contributed by atoms with van der Waals surface area (Å²) in [4.78, 5) is 0. The fraction of sp³-hybridized carbons (Fsp3) is 1.00. The van der Waals surface area contributed by atoms with E-state index >= 15 is 0 Å². The van der Waals surface area contributed by atoms with Gasteiger partial charge in [-0.3, -0.25) is 0 Å². The van der Waals surface area contributed by atoms with Crippen molar-refractivity contribution >= 4 is 0 Å². The summed E-state index contributed by atoms with van der Waals surface area (Å²) in [6.45, 7) is 2.28. The molecule has 0 aromatic rings. The van der Waals surface area contributed by atoms with Gasteiger partial charge in [-0.2, -0.15) is 0 Å². The summed E-state index contributed by atoms with van der Waals surface area (Å²) in [5, 5.41) is 0. The molecule has 0 bridgehead atoms. The number of hydrogen-bond acceptors (Lipinski definition) is 0. The molecule has 0 aromatic carbocycles. The van der Waals surface area contributed by atoms with Crippen LogP contribution in [-0.2, 0) is 0 Å². The quantitative estimate of drug-likeness (QED) is 0.382. The van der Waals surface area contributed by atoms with Gasteiger partial charge in [-0.05, 0) is 62.2 Å². The molecule has 23 heavy (non-hydrogen) atoms. The van der Waals surface area contributed by atoms with Gasteiger partial charge in [0.05, 0.1) is 0 Å². The highest BCUT2D eigenvalue weighted by molar-refractivity contribution is 4.82. The fourth-order valence-corrected chi connectivity index (χ4v) is 5.13. The summed E-state index contributed by atoms with van der Waals surface area (Å²) in [6.07, 6.45) is 16.8. The van der Waals surface area contributed by atoms with Crippen LogP contribution in [0, 0.1) is 23.7 Å². The Balaban J connectivity index is 1.56. The van der Waals surface area contributed by atoms with E-state index in [0.29, 0.717) is 5.92 Å². The van der Waals surface area contributed by atoms with Gasteiger partial charge in [-0.15, -0.1) is 0 Å². The van der Waals surface area contributed by atoms with Gasteiger partial charge in [0.2, 0.25) is 6.43 Å². The molecular formula is C21H38F2. The molecule has 0 unspecified atom stereocenters. The van der Waals surface area contributed by atoms with Crippen molar-refractivity contribution in [3.8, 4) is 0 Å². The van der Waals surface area contributed by atoms with E-state index in [1.807, 2.05) is 0 Å². The van der Waals surface area contributed by atoms with Crippen LogP contribution < -0.4 is 0 Å². The van der Waals surface area contributed by atoms with Crippen molar-refractivity contribution in [3.05, 3.63) is 0 Å². The smallest absolute Gasteiger partial charge is 0.211 e. The average molecular weight is 329 g/mol. The summed E-state index contributed by atoms with van der Waals surface area (Å²) in [7, 11) is 0. The molecule has 2 heteroatoms. The molecule has 0 saturated heterocycles. The monoisotopic (exact) mass is 328 g/mol. The van der Waals surface area contributed by atoms with Gasteiger partial charge < -0.3 is 0 Å². The van der Waals surface area contributed by atoms with E-state index in [9.17, 15) is 8.78 Å². The second-order valence-electron chi connectivity index (χ2n) is 8.39. The molecule has 0 amide bonds. The predicted molar refractivity (Wildman–Crippen MR) is 94.9 cm³/mol. The van der Waals surface area contributed by atoms with E-state index in [4.69, 9.17) is 0 Å². The zero-order valence-electron chi connectivity index (χ0n) is 15.2. The second kappa shape index (κ2) is 10.7. The normalized spacial score (nSPS) is 32.3. The number of rotatable bonds is 9. The maximum atomic E-state index is 12.5. The van der Waals surface area contributed by atoms with Crippen LogP contribution in [0.25, 0.3) is 0 Å². The highest BCUT2D eigenvalue weighted by Gasteiger charge is 2.31. The summed E-state index contributed by atoms with van der Waals surface area (Å²) >= 11 is 0. The van der Waals surface area contributed by atoms with E-state index < -0.39 is 6.43 Å². The Hall–Kier alpha value is -0.140. The van der Waals surface area contributed by atoms with Crippen LogP contribution in [0.15, 0.2) is 0 Å². The highest BCUT2D eigenvalue weighted by atomic mass is 19.3. The lowest BCUT2D eigenvalue weighted by atomic mass is 9.68. The van der Waals surface area contributed by atoms with Crippen LogP contribution >= 0.6 is 0 Å². The van der Waals surface area contributed by atoms with E-state index in [1.165, 1.54) is 77.0 Å². The summed E-state index contributed by atoms with van der Waals surface area (Å²) < 4.78 is 25.0. The molecule has 0 spiro atoms. The molecule has 2 saturated carbocycles. The lowest BCUT2D eigenvalue weighted by molar-refractivity contribution is 0.0832. The maximum Gasteiger partial charge on any atom is 0.238 e. The van der Waals surface area contributed by atoms with Crippen LogP contribution in [0.5, 0.6) is 0 Å². The molecule has 2 aliphatic carbocycles. The molecule has 0 radical (unpaired) electrons. The zero-order chi connectivity index (χ0) is 16.5. The van der Waals surface area contributed by atoms with Crippen LogP contribution in [0.3, 0.4) is 0 Å². The molecule has 2 fully saturated rings. The van der Waals surface area contributed by atoms with Crippen molar-refractivity contribution in [3.63, 3.8) is 0 Å². The molecule has 2 aliphatic rings. The Morgan fingerprint density at radius 2 is 1.22 bits per heavy atom. The lowest BCUT2D eigenvalue weighted by Crippen LogP contribution is -2.26. The van der Waals surface area contributed by atoms with Crippen molar-refractivity contribution in [1.82, 2.24) is 0 Å². The highest BCUT2D eigenvalue weighted by Crippen LogP contribution is 2.43. The molecule has 136 valence electrons. The standard InChI is InChI=1S/C21H38F2/c1-2-3-4-5-6-7-17-8-12-19(13-9-17)20-14-10-18(11-15-20)16-21(22)23/h17-21H,2-16H2,1H3/t17-,18-,19-,20-. The molecule has 0 N–H and O–H groups in total. The fourth-order valence-electron chi connectivity index (χ4n) is 5.13. The third-order valence-electron chi connectivity index (χ3n) is 6.68. The first-order valence-electron chi connectivity index (χ1n) is 10.5. The van der Waals surface area contributed by atoms with Crippen molar-refractivity contribution in [1.29, 1.82) is 0 Å². The van der Waals surface area contributed by atoms with Crippen molar-refractivity contribution in [2.24, 2.45) is 23.7 Å². The minimum Gasteiger partial charge on any atom is -0.211 e. The van der Waals surface area contributed by atoms with Gasteiger partial charge in [0.15, 0.2) is 0 Å². The largest absolute Gasteiger partial charge is 0.238 e. The number of alkyl halides is 2. The number of halogens is 2. The maximum absolute atomic E-state index is 12.5. The van der Waals surface area contributed by atoms with Gasteiger partial charge in [-0.1, -0.05) is 58.3 Å². The first-order valence-corrected chi connectivity index (χ1v) is 10.5. The van der Waals surface area contributed by atoms with Gasteiger partial charge in [0.1, 0.15) is 0 Å². The van der Waals surface area contributed by atoms with Crippen LogP contribution in [-0.4, -0.2) is 6.43 Å². The summed E-state index contributed by atoms with van der Waals surface area (Å²) in [5.74, 6) is 3.07. The third-order valence-corrected chi connectivity index (χ3v) is 6.68. The van der Waals surface area contributed by atoms with E-state index in [0.717, 1.165) is 30.6 Å². The van der Waals surface area contributed by atoms with Gasteiger partial charge in [0, 0.05) is 6.42 Å². The van der Waals surface area contributed by atoms with Crippen molar-refractivity contribution in [2.45, 2.75) is 110 Å². The first-order chi connectivity index (χ1) is 11.2. The first kappa shape index (κ1) is 19.2. The Bertz CT molecular complexity index is 286. The molecular weight excluding hydrogens is 290 g/mol. The molecule has 0 aliphatic heterocycles. The van der Waals surface area contributed by atoms with Crippen LogP contribution in [0.1, 0.15) is 103 Å². The minimum absolute atomic E-state index is 0.150. The zero-order valence-corrected chi connectivity index (χ0v) is 15.2. The molecule has 0 nitrogen and oxygen atoms in total. The Morgan fingerprint density at radius 1 is 0.696 bits per heavy atom. The Morgan fingerprint density at radius 3 is 1.74 bits per heavy atom. The molecule has 0 atom stereocenters. The number of unbranched alkanes of at least 4 members (excludes halogenated alkanes) is 4. The summed E-state index contributed by atoms with van der Waals surface area (Å²) in [6, 6.07) is 0. The molecule has 2 rings (SSSR count). The van der Waals surface area contributed by atoms with E-state index in [1.54, 1.807) is 0 Å². The number of hydrogen-bond donors (Lipinski definition) is 0. The Kier molecular flexibility index (Phi) is 8.90. The summed E-state index contributed by atoms with van der Waals surface area (Å²) in [5.41, 5.74) is 0. The van der Waals surface area contributed by atoms with Crippen LogP contribution in [0.4, 0.5) is 8.78 Å². The Labute approximate surface area is 142 Å². The predicted octanol–water partition coefficient (Wildman–Crippen LogP) is 7.61. The molecule has 0 heterocycles. The lowest BCUT2D eigenvalue weighted by Gasteiger charge is -2.38. The third kappa shape index (κ3) is 7.10. The van der Waals surface area contributed by atoms with Gasteiger partial charge in [-0.25, -0.2) is 8.78 Å². The van der Waals surface area contributed by atoms with Crippen LogP contribution in [0.2, 0.25) is 0 Å². The second-order valence-corrected chi connectivity index (χ2v) is 8.39. The van der Waals surface area contributed by atoms with Gasteiger partial charge in [0.25, 0.3) is 0 Å². The van der Waals surface area contributed by atoms with Crippen molar-refractivity contribution < 1.29 is 8.78 Å². The van der Waals surface area contributed by atoms with E-state index in [-0.39, 0.29) is 6.42 Å². The average Bonchev–Trinajstić information content (AvgIpc) is 2.55. The SMILES string of the molecule is CCCCCCC[C@H]1CC[C@H]([C@H]2CC[C@H](CC(F)F)CC2)CC1. The minimum atomic E-state index is -2.09. The molecule has 0 aromatic heterocycles. The topological polar surface area (TPSA) is 0 Å².